The molecule has 0 aliphatic carbocycles. The first-order chi connectivity index (χ1) is 8.22. The molecular formula is C10H17N3O2S2. The van der Waals surface area contributed by atoms with E-state index in [1.807, 2.05) is 16.8 Å². The number of carbonyl (C=O) groups excluding carboxylic acids is 2. The van der Waals surface area contributed by atoms with Crippen molar-refractivity contribution in [2.75, 3.05) is 43.6 Å². The summed E-state index contributed by atoms with van der Waals surface area (Å²) in [7, 11) is 0. The Kier molecular flexibility index (Phi) is 4.58. The number of thioether (sulfide) groups is 2. The Morgan fingerprint density at radius 1 is 1.41 bits per heavy atom. The number of hydrazine groups is 1. The van der Waals surface area contributed by atoms with Crippen LogP contribution in [0.3, 0.4) is 0 Å². The van der Waals surface area contributed by atoms with Crippen molar-refractivity contribution in [2.45, 2.75) is 6.92 Å². The summed E-state index contributed by atoms with van der Waals surface area (Å²) in [6.07, 6.45) is 0. The minimum atomic E-state index is 0.0652. The van der Waals surface area contributed by atoms with Gasteiger partial charge in [0.15, 0.2) is 0 Å². The number of amides is 2. The number of rotatable bonds is 4. The van der Waals surface area contributed by atoms with Crippen LogP contribution >= 0.6 is 23.5 Å². The van der Waals surface area contributed by atoms with Gasteiger partial charge in [-0.2, -0.15) is 0 Å². The molecule has 0 saturated carbocycles. The fourth-order valence-corrected chi connectivity index (χ4v) is 3.64. The molecule has 0 aromatic heterocycles. The fourth-order valence-electron chi connectivity index (χ4n) is 1.88. The van der Waals surface area contributed by atoms with Gasteiger partial charge in [0.25, 0.3) is 5.24 Å². The number of likely N-dealkylation sites (N-methyl/N-ethyl adjacent to an activating group) is 1. The second-order valence-electron chi connectivity index (χ2n) is 3.91. The quantitative estimate of drug-likeness (QED) is 0.763. The minimum Gasteiger partial charge on any atom is -0.331 e. The molecule has 7 heteroatoms. The lowest BCUT2D eigenvalue weighted by Crippen LogP contribution is -2.48. The zero-order chi connectivity index (χ0) is 12.3. The molecule has 0 aromatic rings. The lowest BCUT2D eigenvalue weighted by Gasteiger charge is -2.30. The molecule has 17 heavy (non-hydrogen) atoms. The van der Waals surface area contributed by atoms with Gasteiger partial charge in [-0.1, -0.05) is 18.7 Å². The van der Waals surface area contributed by atoms with E-state index >= 15 is 0 Å². The highest BCUT2D eigenvalue weighted by Gasteiger charge is 2.29. The number of hydrogen-bond donors (Lipinski definition) is 0. The third-order valence-corrected chi connectivity index (χ3v) is 4.68. The van der Waals surface area contributed by atoms with Crippen LogP contribution < -0.4 is 0 Å². The summed E-state index contributed by atoms with van der Waals surface area (Å²) in [5.41, 5.74) is 0. The number of hydrogen-bond acceptors (Lipinski definition) is 5. The zero-order valence-electron chi connectivity index (χ0n) is 9.92. The van der Waals surface area contributed by atoms with Crippen LogP contribution in [0.15, 0.2) is 0 Å². The highest BCUT2D eigenvalue weighted by Crippen LogP contribution is 2.20. The van der Waals surface area contributed by atoms with Crippen molar-refractivity contribution in [2.24, 2.45) is 0 Å². The van der Waals surface area contributed by atoms with Crippen LogP contribution in [0.2, 0.25) is 0 Å². The van der Waals surface area contributed by atoms with Crippen LogP contribution in [0.4, 0.5) is 4.79 Å². The monoisotopic (exact) mass is 275 g/mol. The van der Waals surface area contributed by atoms with Gasteiger partial charge in [0.05, 0.1) is 12.4 Å². The van der Waals surface area contributed by atoms with Gasteiger partial charge in [-0.25, -0.2) is 5.01 Å². The largest absolute Gasteiger partial charge is 0.331 e. The molecule has 2 heterocycles. The van der Waals surface area contributed by atoms with E-state index in [1.54, 1.807) is 16.8 Å². The maximum absolute atomic E-state index is 12.0. The SMILES string of the molecule is CCN(CC(=O)N1CCSC1)N1CCSC1=O. The summed E-state index contributed by atoms with van der Waals surface area (Å²) < 4.78 is 0. The second kappa shape index (κ2) is 5.97. The van der Waals surface area contributed by atoms with E-state index < -0.39 is 0 Å². The van der Waals surface area contributed by atoms with Crippen LogP contribution in [0.5, 0.6) is 0 Å². The Balaban J connectivity index is 1.90. The molecule has 0 bridgehead atoms. The smallest absolute Gasteiger partial charge is 0.296 e. The van der Waals surface area contributed by atoms with Crippen LogP contribution in [0.1, 0.15) is 6.92 Å². The standard InChI is InChI=1S/C10H17N3O2S2/c1-2-12(13-4-6-17-10(13)15)7-9(14)11-3-5-16-8-11/h2-8H2,1H3. The lowest BCUT2D eigenvalue weighted by atomic mass is 10.4. The maximum Gasteiger partial charge on any atom is 0.296 e. The average molecular weight is 275 g/mol. The first kappa shape index (κ1) is 13.0. The molecule has 2 amide bonds. The molecule has 0 N–H and O–H groups in total. The van der Waals surface area contributed by atoms with Gasteiger partial charge in [-0.15, -0.1) is 11.8 Å². The van der Waals surface area contributed by atoms with Crippen molar-refractivity contribution >= 4 is 34.7 Å². The van der Waals surface area contributed by atoms with Crippen LogP contribution in [-0.2, 0) is 4.79 Å². The van der Waals surface area contributed by atoms with Crippen LogP contribution in [-0.4, -0.2) is 69.6 Å². The third kappa shape index (κ3) is 3.08. The van der Waals surface area contributed by atoms with E-state index in [0.29, 0.717) is 13.1 Å². The molecule has 0 radical (unpaired) electrons. The Morgan fingerprint density at radius 2 is 2.24 bits per heavy atom. The van der Waals surface area contributed by atoms with Crippen LogP contribution in [0.25, 0.3) is 0 Å². The summed E-state index contributed by atoms with van der Waals surface area (Å²) in [6, 6.07) is 0. The lowest BCUT2D eigenvalue weighted by molar-refractivity contribution is -0.134. The molecule has 0 spiro atoms. The molecule has 2 aliphatic heterocycles. The normalized spacial score (nSPS) is 20.7. The number of nitrogens with zero attached hydrogens (tertiary/aromatic N) is 3. The van der Waals surface area contributed by atoms with Crippen molar-refractivity contribution < 1.29 is 9.59 Å². The van der Waals surface area contributed by atoms with E-state index in [2.05, 4.69) is 0 Å². The van der Waals surface area contributed by atoms with Crippen molar-refractivity contribution in [3.05, 3.63) is 0 Å². The summed E-state index contributed by atoms with van der Waals surface area (Å²) in [4.78, 5) is 25.5. The predicted octanol–water partition coefficient (Wildman–Crippen LogP) is 0.925. The summed E-state index contributed by atoms with van der Waals surface area (Å²) in [5, 5.41) is 3.62. The molecular weight excluding hydrogens is 258 g/mol. The van der Waals surface area contributed by atoms with Gasteiger partial charge in [0, 0.05) is 31.1 Å². The Labute approximate surface area is 110 Å². The third-order valence-electron chi connectivity index (χ3n) is 2.87. The second-order valence-corrected chi connectivity index (χ2v) is 6.03. The van der Waals surface area contributed by atoms with Gasteiger partial charge in [-0.05, 0) is 0 Å². The topological polar surface area (TPSA) is 43.9 Å². The van der Waals surface area contributed by atoms with E-state index in [9.17, 15) is 9.59 Å². The highest BCUT2D eigenvalue weighted by atomic mass is 32.2. The van der Waals surface area contributed by atoms with E-state index in [4.69, 9.17) is 0 Å². The Bertz CT molecular complexity index is 308. The van der Waals surface area contributed by atoms with Gasteiger partial charge in [0.2, 0.25) is 5.91 Å². The molecule has 0 aromatic carbocycles. The first-order valence-electron chi connectivity index (χ1n) is 5.77. The Morgan fingerprint density at radius 3 is 2.76 bits per heavy atom. The molecule has 96 valence electrons. The number of carbonyl (C=O) groups is 2. The summed E-state index contributed by atoms with van der Waals surface area (Å²) in [5.74, 6) is 2.76. The summed E-state index contributed by atoms with van der Waals surface area (Å²) >= 11 is 3.10. The van der Waals surface area contributed by atoms with Crippen LogP contribution in [0, 0.1) is 0 Å². The van der Waals surface area contributed by atoms with Crippen molar-refractivity contribution in [1.29, 1.82) is 0 Å². The van der Waals surface area contributed by atoms with Gasteiger partial charge in [-0.3, -0.25) is 14.6 Å². The molecule has 0 unspecified atom stereocenters. The molecule has 2 fully saturated rings. The molecule has 2 saturated heterocycles. The van der Waals surface area contributed by atoms with Crippen molar-refractivity contribution in [1.82, 2.24) is 14.9 Å². The molecule has 5 nitrogen and oxygen atoms in total. The first-order valence-corrected chi connectivity index (χ1v) is 7.91. The average Bonchev–Trinajstić information content (AvgIpc) is 2.96. The van der Waals surface area contributed by atoms with Gasteiger partial charge >= 0.3 is 0 Å². The summed E-state index contributed by atoms with van der Waals surface area (Å²) in [6.45, 7) is 4.55. The zero-order valence-corrected chi connectivity index (χ0v) is 11.6. The molecule has 2 rings (SSSR count). The maximum atomic E-state index is 12.0. The fraction of sp³-hybridized carbons (Fsp3) is 0.800. The van der Waals surface area contributed by atoms with Crippen molar-refractivity contribution in [3.63, 3.8) is 0 Å². The predicted molar refractivity (Wildman–Crippen MR) is 70.8 cm³/mol. The van der Waals surface area contributed by atoms with Crippen molar-refractivity contribution in [3.8, 4) is 0 Å². The van der Waals surface area contributed by atoms with E-state index in [0.717, 1.165) is 30.5 Å². The molecule has 2 aliphatic rings. The van der Waals surface area contributed by atoms with Gasteiger partial charge in [0.1, 0.15) is 0 Å². The van der Waals surface area contributed by atoms with E-state index in [-0.39, 0.29) is 11.1 Å². The Hall–Kier alpha value is -0.400. The highest BCUT2D eigenvalue weighted by molar-refractivity contribution is 8.13. The molecule has 0 atom stereocenters. The van der Waals surface area contributed by atoms with E-state index in [1.165, 1.54) is 11.8 Å². The minimum absolute atomic E-state index is 0.0652. The van der Waals surface area contributed by atoms with Gasteiger partial charge < -0.3 is 4.90 Å².